The maximum atomic E-state index is 11.8. The van der Waals surface area contributed by atoms with Crippen LogP contribution in [0.3, 0.4) is 0 Å². The lowest BCUT2D eigenvalue weighted by molar-refractivity contribution is -0.148. The van der Waals surface area contributed by atoms with Gasteiger partial charge in [-0.3, -0.25) is 10.1 Å². The molecule has 0 spiro atoms. The number of esters is 1. The van der Waals surface area contributed by atoms with Crippen LogP contribution in [-0.4, -0.2) is 43.7 Å². The fourth-order valence-electron chi connectivity index (χ4n) is 1.79. The summed E-state index contributed by atoms with van der Waals surface area (Å²) >= 11 is 4.49. The number of carbonyl (C=O) groups excluding carboxylic acids is 2. The number of amides is 1. The Morgan fingerprint density at radius 1 is 1.28 bits per heavy atom. The van der Waals surface area contributed by atoms with Gasteiger partial charge in [0.1, 0.15) is 0 Å². The average molecular weight is 423 g/mol. The van der Waals surface area contributed by atoms with E-state index in [2.05, 4.69) is 41.6 Å². The molecule has 9 nitrogen and oxygen atoms in total. The van der Waals surface area contributed by atoms with Crippen molar-refractivity contribution in [2.75, 3.05) is 11.9 Å². The molecule has 0 saturated carbocycles. The van der Waals surface area contributed by atoms with Crippen molar-refractivity contribution >= 4 is 44.3 Å². The summed E-state index contributed by atoms with van der Waals surface area (Å²) in [4.78, 5) is 28.5. The van der Waals surface area contributed by atoms with E-state index >= 15 is 0 Å². The molecular weight excluding hydrogens is 412 g/mol. The highest BCUT2D eigenvalue weighted by molar-refractivity contribution is 9.11. The first-order chi connectivity index (χ1) is 12.1. The third-order valence-corrected chi connectivity index (χ3v) is 4.24. The van der Waals surface area contributed by atoms with Gasteiger partial charge in [0, 0.05) is 5.56 Å². The number of ether oxygens (including phenoxy) is 1. The Labute approximate surface area is 154 Å². The number of halogens is 1. The van der Waals surface area contributed by atoms with E-state index in [1.165, 1.54) is 11.3 Å². The molecule has 0 aliphatic rings. The largest absolute Gasteiger partial charge is 0.454 e. The number of benzene rings is 1. The van der Waals surface area contributed by atoms with E-state index in [1.807, 2.05) is 30.3 Å². The summed E-state index contributed by atoms with van der Waals surface area (Å²) in [6, 6.07) is 9.25. The second-order valence-electron chi connectivity index (χ2n) is 4.69. The van der Waals surface area contributed by atoms with E-state index in [-0.39, 0.29) is 6.54 Å². The van der Waals surface area contributed by atoms with Crippen LogP contribution in [0.2, 0.25) is 0 Å². The second-order valence-corrected chi connectivity index (χ2v) is 7.10. The van der Waals surface area contributed by atoms with E-state index in [4.69, 9.17) is 4.74 Å². The third kappa shape index (κ3) is 4.90. The van der Waals surface area contributed by atoms with E-state index in [0.29, 0.717) is 11.0 Å². The van der Waals surface area contributed by atoms with Crippen LogP contribution >= 0.6 is 27.3 Å². The number of anilines is 1. The van der Waals surface area contributed by atoms with Gasteiger partial charge in [0.15, 0.2) is 18.3 Å². The molecule has 0 fully saturated rings. The summed E-state index contributed by atoms with van der Waals surface area (Å²) in [7, 11) is 0. The number of hydrogen-bond donors (Lipinski definition) is 1. The average Bonchev–Trinajstić information content (AvgIpc) is 3.23. The summed E-state index contributed by atoms with van der Waals surface area (Å²) in [6.07, 6.45) is 1.56. The Hall–Kier alpha value is -2.66. The van der Waals surface area contributed by atoms with Crippen LogP contribution in [0.5, 0.6) is 0 Å². The molecular formula is C14H11BrN6O3S. The van der Waals surface area contributed by atoms with Crippen molar-refractivity contribution in [2.24, 2.45) is 0 Å². The van der Waals surface area contributed by atoms with E-state index in [1.54, 1.807) is 6.20 Å². The molecule has 2 heterocycles. The molecule has 0 atom stereocenters. The number of thiazole rings is 1. The van der Waals surface area contributed by atoms with Gasteiger partial charge in [0.25, 0.3) is 5.91 Å². The zero-order valence-corrected chi connectivity index (χ0v) is 15.0. The van der Waals surface area contributed by atoms with Crippen LogP contribution in [0.4, 0.5) is 5.13 Å². The molecule has 25 heavy (non-hydrogen) atoms. The van der Waals surface area contributed by atoms with Gasteiger partial charge in [-0.15, -0.1) is 10.2 Å². The maximum absolute atomic E-state index is 11.8. The minimum absolute atomic E-state index is 0.240. The molecule has 1 N–H and O–H groups in total. The molecule has 1 amide bonds. The monoisotopic (exact) mass is 422 g/mol. The topological polar surface area (TPSA) is 112 Å². The van der Waals surface area contributed by atoms with Gasteiger partial charge in [0.05, 0.1) is 9.98 Å². The first kappa shape index (κ1) is 17.2. The molecule has 2 aromatic heterocycles. The summed E-state index contributed by atoms with van der Waals surface area (Å²) < 4.78 is 5.67. The van der Waals surface area contributed by atoms with Gasteiger partial charge in [-0.25, -0.2) is 9.78 Å². The predicted molar refractivity (Wildman–Crippen MR) is 92.7 cm³/mol. The minimum Gasteiger partial charge on any atom is -0.454 e. The zero-order valence-electron chi connectivity index (χ0n) is 12.6. The fourth-order valence-corrected chi connectivity index (χ4v) is 2.91. The summed E-state index contributed by atoms with van der Waals surface area (Å²) in [6.45, 7) is -0.661. The summed E-state index contributed by atoms with van der Waals surface area (Å²) in [5.41, 5.74) is 0.788. The van der Waals surface area contributed by atoms with Crippen molar-refractivity contribution in [2.45, 2.75) is 6.54 Å². The first-order valence-electron chi connectivity index (χ1n) is 7.00. The van der Waals surface area contributed by atoms with Crippen molar-refractivity contribution in [1.29, 1.82) is 0 Å². The molecule has 3 rings (SSSR count). The molecule has 0 aliphatic carbocycles. The highest BCUT2D eigenvalue weighted by Crippen LogP contribution is 2.22. The standard InChI is InChI=1S/C14H11BrN6O3S/c15-10-6-16-14(25-10)17-11(22)8-24-12(23)7-21-19-13(18-20-21)9-4-2-1-3-5-9/h1-6H,7-8H2,(H,16,17,22). The second kappa shape index (κ2) is 7.94. The molecule has 1 aromatic carbocycles. The fraction of sp³-hybridized carbons (Fsp3) is 0.143. The Bertz CT molecular complexity index is 882. The number of carbonyl (C=O) groups is 2. The summed E-state index contributed by atoms with van der Waals surface area (Å²) in [5, 5.41) is 14.7. The highest BCUT2D eigenvalue weighted by atomic mass is 79.9. The van der Waals surface area contributed by atoms with Gasteiger partial charge in [0.2, 0.25) is 5.82 Å². The number of tetrazole rings is 1. The molecule has 3 aromatic rings. The number of aromatic nitrogens is 5. The smallest absolute Gasteiger partial charge is 0.330 e. The van der Waals surface area contributed by atoms with Crippen LogP contribution in [0, 0.1) is 0 Å². The van der Waals surface area contributed by atoms with Crippen LogP contribution in [0.1, 0.15) is 0 Å². The SMILES string of the molecule is O=C(COC(=O)Cn1nnc(-c2ccccc2)n1)Nc1ncc(Br)s1. The van der Waals surface area contributed by atoms with Crippen molar-refractivity contribution in [1.82, 2.24) is 25.2 Å². The van der Waals surface area contributed by atoms with Crippen LogP contribution in [0.15, 0.2) is 40.3 Å². The number of nitrogens with one attached hydrogen (secondary N) is 1. The minimum atomic E-state index is -0.646. The molecule has 0 aliphatic heterocycles. The van der Waals surface area contributed by atoms with Gasteiger partial charge in [-0.05, 0) is 21.1 Å². The van der Waals surface area contributed by atoms with E-state index < -0.39 is 18.5 Å². The van der Waals surface area contributed by atoms with Gasteiger partial charge in [-0.2, -0.15) is 4.80 Å². The highest BCUT2D eigenvalue weighted by Gasteiger charge is 2.13. The third-order valence-electron chi connectivity index (χ3n) is 2.84. The predicted octanol–water partition coefficient (Wildman–Crippen LogP) is 1.74. The number of rotatable bonds is 6. The normalized spacial score (nSPS) is 10.4. The Morgan fingerprint density at radius 3 is 2.80 bits per heavy atom. The number of nitrogens with zero attached hydrogens (tertiary/aromatic N) is 5. The Balaban J connectivity index is 1.48. The van der Waals surface area contributed by atoms with Gasteiger partial charge < -0.3 is 4.74 Å². The van der Waals surface area contributed by atoms with Crippen molar-refractivity contribution in [3.63, 3.8) is 0 Å². The molecule has 0 bridgehead atoms. The molecule has 0 radical (unpaired) electrons. The molecule has 0 unspecified atom stereocenters. The van der Waals surface area contributed by atoms with Crippen LogP contribution in [0.25, 0.3) is 11.4 Å². The lowest BCUT2D eigenvalue weighted by Gasteiger charge is -2.03. The quantitative estimate of drug-likeness (QED) is 0.601. The Kier molecular flexibility index (Phi) is 5.46. The van der Waals surface area contributed by atoms with Gasteiger partial charge >= 0.3 is 5.97 Å². The zero-order chi connectivity index (χ0) is 17.6. The van der Waals surface area contributed by atoms with Crippen LogP contribution in [-0.2, 0) is 20.9 Å². The lowest BCUT2D eigenvalue weighted by Crippen LogP contribution is -2.23. The van der Waals surface area contributed by atoms with Crippen molar-refractivity contribution in [3.8, 4) is 11.4 Å². The molecule has 0 saturated heterocycles. The van der Waals surface area contributed by atoms with Crippen molar-refractivity contribution < 1.29 is 14.3 Å². The van der Waals surface area contributed by atoms with Crippen LogP contribution < -0.4 is 5.32 Å². The lowest BCUT2D eigenvalue weighted by atomic mass is 10.2. The van der Waals surface area contributed by atoms with Gasteiger partial charge in [-0.1, -0.05) is 41.7 Å². The van der Waals surface area contributed by atoms with Crippen molar-refractivity contribution in [3.05, 3.63) is 40.3 Å². The van der Waals surface area contributed by atoms with E-state index in [0.717, 1.165) is 14.1 Å². The first-order valence-corrected chi connectivity index (χ1v) is 8.61. The molecule has 128 valence electrons. The summed E-state index contributed by atoms with van der Waals surface area (Å²) in [5.74, 6) is -0.723. The maximum Gasteiger partial charge on any atom is 0.330 e. The van der Waals surface area contributed by atoms with E-state index in [9.17, 15) is 9.59 Å². The number of hydrogen-bond acceptors (Lipinski definition) is 8. The Morgan fingerprint density at radius 2 is 2.08 bits per heavy atom. The molecule has 11 heteroatoms.